The van der Waals surface area contributed by atoms with Crippen molar-refractivity contribution in [2.45, 2.75) is 26.7 Å². The van der Waals surface area contributed by atoms with Gasteiger partial charge in [0.1, 0.15) is 5.75 Å². The quantitative estimate of drug-likeness (QED) is 0.706. The van der Waals surface area contributed by atoms with Crippen molar-refractivity contribution in [1.82, 2.24) is 0 Å². The number of nitriles is 1. The minimum absolute atomic E-state index is 0.0390. The maximum absolute atomic E-state index is 12.0. The predicted molar refractivity (Wildman–Crippen MR) is 66.0 cm³/mol. The predicted octanol–water partition coefficient (Wildman–Crippen LogP) is 3.21. The van der Waals surface area contributed by atoms with Crippen LogP contribution in [-0.4, -0.2) is 12.4 Å². The van der Waals surface area contributed by atoms with E-state index in [4.69, 9.17) is 10.00 Å². The van der Waals surface area contributed by atoms with Gasteiger partial charge in [-0.3, -0.25) is 4.79 Å². The van der Waals surface area contributed by atoms with Crippen LogP contribution < -0.4 is 4.74 Å². The Morgan fingerprint density at radius 3 is 2.47 bits per heavy atom. The molecule has 90 valence electrons. The van der Waals surface area contributed by atoms with Gasteiger partial charge in [0.2, 0.25) is 0 Å². The Morgan fingerprint density at radius 2 is 2.00 bits per heavy atom. The molecular weight excluding hydrogens is 214 g/mol. The van der Waals surface area contributed by atoms with Gasteiger partial charge in [0, 0.05) is 17.9 Å². The van der Waals surface area contributed by atoms with E-state index in [0.29, 0.717) is 18.6 Å². The lowest BCUT2D eigenvalue weighted by molar-refractivity contribution is 0.0918. The number of hydrogen-bond donors (Lipinski definition) is 0. The van der Waals surface area contributed by atoms with Gasteiger partial charge in [-0.15, -0.1) is 0 Å². The number of ketones is 1. The fourth-order valence-electron chi connectivity index (χ4n) is 1.65. The van der Waals surface area contributed by atoms with Crippen molar-refractivity contribution in [3.63, 3.8) is 0 Å². The number of rotatable bonds is 6. The van der Waals surface area contributed by atoms with Gasteiger partial charge in [0.15, 0.2) is 5.78 Å². The van der Waals surface area contributed by atoms with Crippen LogP contribution in [0.2, 0.25) is 0 Å². The average Bonchev–Trinajstić information content (AvgIpc) is 2.36. The zero-order chi connectivity index (χ0) is 12.7. The second-order valence-corrected chi connectivity index (χ2v) is 3.79. The van der Waals surface area contributed by atoms with Gasteiger partial charge in [0.25, 0.3) is 0 Å². The Balaban J connectivity index is 2.78. The Kier molecular flexibility index (Phi) is 5.22. The van der Waals surface area contributed by atoms with Crippen LogP contribution in [0.15, 0.2) is 24.3 Å². The zero-order valence-electron chi connectivity index (χ0n) is 10.3. The second kappa shape index (κ2) is 6.70. The van der Waals surface area contributed by atoms with E-state index in [-0.39, 0.29) is 18.1 Å². The minimum atomic E-state index is -0.196. The average molecular weight is 231 g/mol. The Bertz CT molecular complexity index is 403. The monoisotopic (exact) mass is 231 g/mol. The van der Waals surface area contributed by atoms with E-state index >= 15 is 0 Å². The van der Waals surface area contributed by atoms with Crippen molar-refractivity contribution in [2.75, 3.05) is 6.61 Å². The first-order valence-electron chi connectivity index (χ1n) is 5.86. The van der Waals surface area contributed by atoms with Crippen molar-refractivity contribution >= 4 is 5.78 Å². The molecule has 0 amide bonds. The summed E-state index contributed by atoms with van der Waals surface area (Å²) in [5.41, 5.74) is 0.649. The van der Waals surface area contributed by atoms with Crippen LogP contribution in [0, 0.1) is 17.2 Å². The van der Waals surface area contributed by atoms with E-state index in [0.717, 1.165) is 5.75 Å². The number of hydrogen-bond acceptors (Lipinski definition) is 3. The largest absolute Gasteiger partial charge is 0.494 e. The molecule has 1 rings (SSSR count). The highest BCUT2D eigenvalue weighted by Crippen LogP contribution is 2.18. The first-order valence-corrected chi connectivity index (χ1v) is 5.86. The molecular formula is C14H17NO2. The summed E-state index contributed by atoms with van der Waals surface area (Å²) in [4.78, 5) is 12.0. The molecule has 1 aromatic carbocycles. The maximum atomic E-state index is 12.0. The number of benzene rings is 1. The molecule has 3 nitrogen and oxygen atoms in total. The summed E-state index contributed by atoms with van der Waals surface area (Å²) >= 11 is 0. The standard InChI is InChI=1S/C14H17NO2/c1-3-11(9-10-15)14(16)12-5-7-13(8-6-12)17-4-2/h5-8,11H,3-4,9H2,1-2H3. The lowest BCUT2D eigenvalue weighted by atomic mass is 9.93. The van der Waals surface area contributed by atoms with Crippen molar-refractivity contribution in [3.8, 4) is 11.8 Å². The van der Waals surface area contributed by atoms with Crippen LogP contribution >= 0.6 is 0 Å². The van der Waals surface area contributed by atoms with Crippen molar-refractivity contribution in [3.05, 3.63) is 29.8 Å². The summed E-state index contributed by atoms with van der Waals surface area (Å²) in [6, 6.07) is 9.15. The molecule has 0 saturated heterocycles. The summed E-state index contributed by atoms with van der Waals surface area (Å²) in [6.07, 6.45) is 0.974. The van der Waals surface area contributed by atoms with Crippen molar-refractivity contribution in [2.24, 2.45) is 5.92 Å². The summed E-state index contributed by atoms with van der Waals surface area (Å²) in [5, 5.41) is 8.66. The van der Waals surface area contributed by atoms with Gasteiger partial charge in [-0.2, -0.15) is 5.26 Å². The highest BCUT2D eigenvalue weighted by molar-refractivity contribution is 5.98. The van der Waals surface area contributed by atoms with Crippen LogP contribution in [0.1, 0.15) is 37.0 Å². The molecule has 0 spiro atoms. The zero-order valence-corrected chi connectivity index (χ0v) is 10.3. The molecule has 17 heavy (non-hydrogen) atoms. The van der Waals surface area contributed by atoms with E-state index in [1.165, 1.54) is 0 Å². The van der Waals surface area contributed by atoms with E-state index in [9.17, 15) is 4.79 Å². The lowest BCUT2D eigenvalue weighted by Crippen LogP contribution is -2.13. The van der Waals surface area contributed by atoms with Gasteiger partial charge < -0.3 is 4.74 Å². The number of nitrogens with zero attached hydrogens (tertiary/aromatic N) is 1. The molecule has 0 radical (unpaired) electrons. The second-order valence-electron chi connectivity index (χ2n) is 3.79. The first kappa shape index (κ1) is 13.2. The van der Waals surface area contributed by atoms with Crippen LogP contribution in [-0.2, 0) is 0 Å². The molecule has 0 aliphatic heterocycles. The van der Waals surface area contributed by atoms with Gasteiger partial charge >= 0.3 is 0 Å². The highest BCUT2D eigenvalue weighted by Gasteiger charge is 2.17. The Morgan fingerprint density at radius 1 is 1.35 bits per heavy atom. The number of Topliss-reactive ketones (excluding diaryl/α,β-unsaturated/α-hetero) is 1. The van der Waals surface area contributed by atoms with E-state index in [1.807, 2.05) is 13.8 Å². The first-order chi connectivity index (χ1) is 8.22. The summed E-state index contributed by atoms with van der Waals surface area (Å²) in [6.45, 7) is 4.45. The molecule has 0 N–H and O–H groups in total. The van der Waals surface area contributed by atoms with Crippen molar-refractivity contribution < 1.29 is 9.53 Å². The topological polar surface area (TPSA) is 50.1 Å². The molecule has 1 aromatic rings. The summed E-state index contributed by atoms with van der Waals surface area (Å²) in [5.74, 6) is 0.604. The maximum Gasteiger partial charge on any atom is 0.166 e. The van der Waals surface area contributed by atoms with Crippen LogP contribution in [0.3, 0.4) is 0 Å². The number of ether oxygens (including phenoxy) is 1. The third-order valence-electron chi connectivity index (χ3n) is 2.65. The van der Waals surface area contributed by atoms with Crippen LogP contribution in [0.25, 0.3) is 0 Å². The molecule has 0 aliphatic rings. The SMILES string of the molecule is CCOc1ccc(C(=O)C(CC)CC#N)cc1. The van der Waals surface area contributed by atoms with E-state index in [2.05, 4.69) is 6.07 Å². The molecule has 0 bridgehead atoms. The third kappa shape index (κ3) is 3.60. The number of carbonyl (C=O) groups excluding carboxylic acids is 1. The molecule has 1 atom stereocenters. The molecule has 1 unspecified atom stereocenters. The van der Waals surface area contributed by atoms with Crippen LogP contribution in [0.4, 0.5) is 0 Å². The van der Waals surface area contributed by atoms with Gasteiger partial charge in [0.05, 0.1) is 12.7 Å². The molecule has 0 fully saturated rings. The molecule has 0 aliphatic carbocycles. The normalized spacial score (nSPS) is 11.6. The molecule has 3 heteroatoms. The summed E-state index contributed by atoms with van der Waals surface area (Å²) in [7, 11) is 0. The Hall–Kier alpha value is -1.82. The van der Waals surface area contributed by atoms with Crippen LogP contribution in [0.5, 0.6) is 5.75 Å². The van der Waals surface area contributed by atoms with Gasteiger partial charge in [-0.05, 0) is 37.6 Å². The highest BCUT2D eigenvalue weighted by atomic mass is 16.5. The molecule has 0 aromatic heterocycles. The van der Waals surface area contributed by atoms with Crippen molar-refractivity contribution in [1.29, 1.82) is 5.26 Å². The van der Waals surface area contributed by atoms with E-state index in [1.54, 1.807) is 24.3 Å². The molecule has 0 saturated carbocycles. The van der Waals surface area contributed by atoms with Gasteiger partial charge in [-0.25, -0.2) is 0 Å². The van der Waals surface area contributed by atoms with Gasteiger partial charge in [-0.1, -0.05) is 6.92 Å². The summed E-state index contributed by atoms with van der Waals surface area (Å²) < 4.78 is 5.31. The fraction of sp³-hybridized carbons (Fsp3) is 0.429. The smallest absolute Gasteiger partial charge is 0.166 e. The number of carbonyl (C=O) groups is 1. The third-order valence-corrected chi connectivity index (χ3v) is 2.65. The fourth-order valence-corrected chi connectivity index (χ4v) is 1.65. The Labute approximate surface area is 102 Å². The molecule has 0 heterocycles. The minimum Gasteiger partial charge on any atom is -0.494 e. The van der Waals surface area contributed by atoms with E-state index < -0.39 is 0 Å². The lowest BCUT2D eigenvalue weighted by Gasteiger charge is -2.10.